The number of carbonyl (C=O) groups excluding carboxylic acids is 1. The van der Waals surface area contributed by atoms with Crippen molar-refractivity contribution in [2.75, 3.05) is 5.32 Å². The highest BCUT2D eigenvalue weighted by Crippen LogP contribution is 2.33. The fourth-order valence-electron chi connectivity index (χ4n) is 4.01. The highest BCUT2D eigenvalue weighted by atomic mass is 19.4. The first kappa shape index (κ1) is 24.8. The SMILES string of the molecule is Cc1cccc(NC(=O)c2nc(-c3ccnn3C3CCCC3)n3ccncc23)n1.O=C(O)C(F)(F)F. The van der Waals surface area contributed by atoms with E-state index in [1.54, 1.807) is 24.7 Å². The van der Waals surface area contributed by atoms with Crippen LogP contribution in [-0.4, -0.2) is 52.3 Å². The Morgan fingerprint density at radius 3 is 2.50 bits per heavy atom. The van der Waals surface area contributed by atoms with Crippen molar-refractivity contribution in [1.29, 1.82) is 0 Å². The summed E-state index contributed by atoms with van der Waals surface area (Å²) in [7, 11) is 0. The van der Waals surface area contributed by atoms with E-state index in [2.05, 4.69) is 20.4 Å². The fourth-order valence-corrected chi connectivity index (χ4v) is 4.01. The lowest BCUT2D eigenvalue weighted by Gasteiger charge is -2.13. The van der Waals surface area contributed by atoms with E-state index in [1.807, 2.05) is 40.4 Å². The van der Waals surface area contributed by atoms with E-state index in [0.717, 1.165) is 24.2 Å². The lowest BCUT2D eigenvalue weighted by atomic mass is 10.2. The zero-order valence-corrected chi connectivity index (χ0v) is 19.1. The van der Waals surface area contributed by atoms with E-state index in [9.17, 15) is 18.0 Å². The molecular formula is C23H22F3N7O3. The molecule has 4 aromatic heterocycles. The van der Waals surface area contributed by atoms with Crippen molar-refractivity contribution in [3.05, 3.63) is 60.4 Å². The van der Waals surface area contributed by atoms with Crippen molar-refractivity contribution < 1.29 is 27.9 Å². The molecule has 0 aromatic carbocycles. The number of rotatable bonds is 4. The summed E-state index contributed by atoms with van der Waals surface area (Å²) in [6.45, 7) is 1.88. The Bertz CT molecular complexity index is 1390. The third-order valence-corrected chi connectivity index (χ3v) is 5.60. The van der Waals surface area contributed by atoms with Crippen LogP contribution in [-0.2, 0) is 4.79 Å². The van der Waals surface area contributed by atoms with Gasteiger partial charge in [-0.05, 0) is 38.0 Å². The van der Waals surface area contributed by atoms with Gasteiger partial charge in [0.1, 0.15) is 11.5 Å². The summed E-state index contributed by atoms with van der Waals surface area (Å²) in [6, 6.07) is 7.84. The molecule has 13 heteroatoms. The molecule has 0 bridgehead atoms. The minimum atomic E-state index is -5.08. The number of halogens is 3. The summed E-state index contributed by atoms with van der Waals surface area (Å²) < 4.78 is 35.7. The Kier molecular flexibility index (Phi) is 6.99. The largest absolute Gasteiger partial charge is 0.490 e. The number of anilines is 1. The molecule has 5 rings (SSSR count). The van der Waals surface area contributed by atoms with Crippen molar-refractivity contribution in [2.45, 2.75) is 44.8 Å². The molecule has 1 aliphatic carbocycles. The number of nitrogens with zero attached hydrogens (tertiary/aromatic N) is 6. The first-order valence-electron chi connectivity index (χ1n) is 11.1. The smallest absolute Gasteiger partial charge is 0.475 e. The van der Waals surface area contributed by atoms with Gasteiger partial charge in [0.15, 0.2) is 11.5 Å². The van der Waals surface area contributed by atoms with Crippen LogP contribution in [0.4, 0.5) is 19.0 Å². The summed E-state index contributed by atoms with van der Waals surface area (Å²) in [5, 5.41) is 14.5. The molecule has 4 heterocycles. The summed E-state index contributed by atoms with van der Waals surface area (Å²) in [4.78, 5) is 35.1. The zero-order chi connectivity index (χ0) is 25.9. The van der Waals surface area contributed by atoms with Crippen LogP contribution in [0.2, 0.25) is 0 Å². The molecule has 0 unspecified atom stereocenters. The van der Waals surface area contributed by atoms with Crippen molar-refractivity contribution in [2.24, 2.45) is 0 Å². The van der Waals surface area contributed by atoms with Crippen LogP contribution in [0.1, 0.15) is 47.9 Å². The number of amides is 1. The Morgan fingerprint density at radius 2 is 1.83 bits per heavy atom. The quantitative estimate of drug-likeness (QED) is 0.427. The standard InChI is InChI=1S/C21H21N7O.C2HF3O2/c1-14-5-4-8-18(24-14)25-21(29)19-17-13-22-11-12-27(17)20(26-19)16-9-10-23-28(16)15-6-2-3-7-15;3-2(4,5)1(6)7/h4-5,8-13,15H,2-3,6-7H2,1H3,(H,24,25,29);(H,6,7). The predicted molar refractivity (Wildman–Crippen MR) is 122 cm³/mol. The number of imidazole rings is 1. The molecule has 10 nitrogen and oxygen atoms in total. The van der Waals surface area contributed by atoms with Gasteiger partial charge in [-0.15, -0.1) is 0 Å². The van der Waals surface area contributed by atoms with Gasteiger partial charge >= 0.3 is 12.1 Å². The average molecular weight is 501 g/mol. The zero-order valence-electron chi connectivity index (χ0n) is 19.1. The number of fused-ring (bicyclic) bond motifs is 1. The Hall–Kier alpha value is -4.29. The number of carboxylic acids is 1. The maximum atomic E-state index is 13.0. The number of pyridine rings is 1. The fraction of sp³-hybridized carbons (Fsp3) is 0.304. The second-order valence-corrected chi connectivity index (χ2v) is 8.14. The second-order valence-electron chi connectivity index (χ2n) is 8.14. The van der Waals surface area contributed by atoms with Crippen LogP contribution in [0.3, 0.4) is 0 Å². The summed E-state index contributed by atoms with van der Waals surface area (Å²) >= 11 is 0. The molecule has 188 valence electrons. The lowest BCUT2D eigenvalue weighted by Crippen LogP contribution is -2.21. The molecule has 36 heavy (non-hydrogen) atoms. The van der Waals surface area contributed by atoms with Crippen molar-refractivity contribution in [1.82, 2.24) is 29.1 Å². The number of aromatic nitrogens is 6. The van der Waals surface area contributed by atoms with Crippen LogP contribution in [0.25, 0.3) is 17.0 Å². The third-order valence-electron chi connectivity index (χ3n) is 5.60. The van der Waals surface area contributed by atoms with Gasteiger partial charge in [0.2, 0.25) is 0 Å². The number of hydrogen-bond donors (Lipinski definition) is 2. The minimum Gasteiger partial charge on any atom is -0.475 e. The minimum absolute atomic E-state index is 0.313. The lowest BCUT2D eigenvalue weighted by molar-refractivity contribution is -0.192. The Morgan fingerprint density at radius 1 is 1.11 bits per heavy atom. The van der Waals surface area contributed by atoms with E-state index in [0.29, 0.717) is 28.9 Å². The van der Waals surface area contributed by atoms with E-state index < -0.39 is 12.1 Å². The Labute approximate surface area is 202 Å². The molecule has 0 aliphatic heterocycles. The van der Waals surface area contributed by atoms with Crippen molar-refractivity contribution >= 4 is 23.2 Å². The van der Waals surface area contributed by atoms with Crippen LogP contribution < -0.4 is 5.32 Å². The highest BCUT2D eigenvalue weighted by molar-refractivity contribution is 6.07. The predicted octanol–water partition coefficient (Wildman–Crippen LogP) is 4.30. The van der Waals surface area contributed by atoms with E-state index in [1.165, 1.54) is 12.8 Å². The third kappa shape index (κ3) is 5.34. The van der Waals surface area contributed by atoms with Gasteiger partial charge < -0.3 is 10.4 Å². The molecule has 0 spiro atoms. The second kappa shape index (κ2) is 10.1. The first-order chi connectivity index (χ1) is 17.1. The topological polar surface area (TPSA) is 127 Å². The van der Waals surface area contributed by atoms with Gasteiger partial charge in [0.05, 0.1) is 17.8 Å². The molecule has 0 atom stereocenters. The number of alkyl halides is 3. The highest BCUT2D eigenvalue weighted by Gasteiger charge is 2.38. The number of carbonyl (C=O) groups is 2. The van der Waals surface area contributed by atoms with Crippen LogP contribution >= 0.6 is 0 Å². The van der Waals surface area contributed by atoms with Gasteiger partial charge in [-0.3, -0.25) is 18.9 Å². The van der Waals surface area contributed by atoms with E-state index >= 15 is 0 Å². The van der Waals surface area contributed by atoms with Gasteiger partial charge in [-0.25, -0.2) is 14.8 Å². The average Bonchev–Trinajstić information content (AvgIpc) is 3.57. The van der Waals surface area contributed by atoms with Crippen molar-refractivity contribution in [3.8, 4) is 11.5 Å². The molecule has 4 aromatic rings. The van der Waals surface area contributed by atoms with Gasteiger partial charge in [0.25, 0.3) is 5.91 Å². The molecule has 1 saturated carbocycles. The summed E-state index contributed by atoms with van der Waals surface area (Å²) in [5.74, 6) is -1.88. The Balaban J connectivity index is 0.000000384. The molecule has 0 saturated heterocycles. The monoisotopic (exact) mass is 501 g/mol. The maximum Gasteiger partial charge on any atom is 0.490 e. The number of aliphatic carboxylic acids is 1. The van der Waals surface area contributed by atoms with E-state index in [4.69, 9.17) is 14.9 Å². The summed E-state index contributed by atoms with van der Waals surface area (Å²) in [6.07, 6.45) is 6.56. The van der Waals surface area contributed by atoms with Crippen LogP contribution in [0.15, 0.2) is 49.1 Å². The number of hydrogen-bond acceptors (Lipinski definition) is 6. The van der Waals surface area contributed by atoms with Gasteiger partial charge in [-0.2, -0.15) is 18.3 Å². The maximum absolute atomic E-state index is 13.0. The molecule has 1 amide bonds. The molecular weight excluding hydrogens is 479 g/mol. The number of carboxylic acid groups (broad SMARTS) is 1. The van der Waals surface area contributed by atoms with Crippen LogP contribution in [0, 0.1) is 6.92 Å². The van der Waals surface area contributed by atoms with Crippen LogP contribution in [0.5, 0.6) is 0 Å². The summed E-state index contributed by atoms with van der Waals surface area (Å²) in [5.41, 5.74) is 2.70. The molecule has 1 aliphatic rings. The molecule has 0 radical (unpaired) electrons. The first-order valence-corrected chi connectivity index (χ1v) is 11.1. The van der Waals surface area contributed by atoms with E-state index in [-0.39, 0.29) is 5.91 Å². The normalized spacial score (nSPS) is 13.9. The molecule has 1 fully saturated rings. The number of nitrogens with one attached hydrogen (secondary N) is 1. The number of aryl methyl sites for hydroxylation is 1. The van der Waals surface area contributed by atoms with Gasteiger partial charge in [-0.1, -0.05) is 18.9 Å². The van der Waals surface area contributed by atoms with Gasteiger partial charge in [0, 0.05) is 24.3 Å². The van der Waals surface area contributed by atoms with Crippen molar-refractivity contribution in [3.63, 3.8) is 0 Å². The molecule has 2 N–H and O–H groups in total.